The number of piperidine rings is 1. The fourth-order valence-electron chi connectivity index (χ4n) is 3.61. The van der Waals surface area contributed by atoms with E-state index >= 15 is 0 Å². The highest BCUT2D eigenvalue weighted by Gasteiger charge is 2.22. The van der Waals surface area contributed by atoms with E-state index in [1.807, 2.05) is 26.0 Å². The Kier molecular flexibility index (Phi) is 5.77. The maximum absolute atomic E-state index is 12.4. The first-order chi connectivity index (χ1) is 12.0. The molecule has 0 aromatic heterocycles. The predicted molar refractivity (Wildman–Crippen MR) is 104 cm³/mol. The van der Waals surface area contributed by atoms with Gasteiger partial charge in [-0.15, -0.1) is 0 Å². The van der Waals surface area contributed by atoms with Crippen molar-refractivity contribution >= 4 is 23.2 Å². The average molecular weight is 357 g/mol. The van der Waals surface area contributed by atoms with E-state index in [0.29, 0.717) is 17.5 Å². The first-order valence-corrected chi connectivity index (χ1v) is 9.24. The lowest BCUT2D eigenvalue weighted by molar-refractivity contribution is -0.117. The van der Waals surface area contributed by atoms with E-state index in [4.69, 9.17) is 11.6 Å². The molecule has 4 heteroatoms. The van der Waals surface area contributed by atoms with E-state index in [1.165, 1.54) is 5.56 Å². The van der Waals surface area contributed by atoms with E-state index in [2.05, 4.69) is 40.5 Å². The highest BCUT2D eigenvalue weighted by atomic mass is 35.5. The zero-order valence-electron chi connectivity index (χ0n) is 14.9. The van der Waals surface area contributed by atoms with Crippen LogP contribution in [0.5, 0.6) is 0 Å². The summed E-state index contributed by atoms with van der Waals surface area (Å²) in [7, 11) is 0. The molecule has 3 nitrogen and oxygen atoms in total. The Morgan fingerprint density at radius 2 is 1.84 bits per heavy atom. The van der Waals surface area contributed by atoms with Crippen molar-refractivity contribution in [2.75, 3.05) is 25.0 Å². The Morgan fingerprint density at radius 1 is 1.16 bits per heavy atom. The molecule has 1 saturated heterocycles. The molecule has 0 bridgehead atoms. The maximum atomic E-state index is 12.4. The summed E-state index contributed by atoms with van der Waals surface area (Å²) in [6, 6.07) is 14.6. The summed E-state index contributed by atoms with van der Waals surface area (Å²) in [5.74, 6) is 0.612. The van der Waals surface area contributed by atoms with Crippen LogP contribution < -0.4 is 5.32 Å². The van der Waals surface area contributed by atoms with Gasteiger partial charge in [0, 0.05) is 0 Å². The average Bonchev–Trinajstić information content (AvgIpc) is 2.59. The van der Waals surface area contributed by atoms with Gasteiger partial charge >= 0.3 is 0 Å². The predicted octanol–water partition coefficient (Wildman–Crippen LogP) is 4.77. The van der Waals surface area contributed by atoms with Gasteiger partial charge in [-0.25, -0.2) is 0 Å². The maximum Gasteiger partial charge on any atom is 0.238 e. The van der Waals surface area contributed by atoms with E-state index < -0.39 is 0 Å². The molecule has 132 valence electrons. The van der Waals surface area contributed by atoms with E-state index in [0.717, 1.165) is 42.7 Å². The molecule has 1 heterocycles. The second-order valence-corrected chi connectivity index (χ2v) is 7.36. The number of hydrogen-bond acceptors (Lipinski definition) is 2. The van der Waals surface area contributed by atoms with Crippen molar-refractivity contribution in [2.45, 2.75) is 32.6 Å². The minimum Gasteiger partial charge on any atom is -0.323 e. The molecular weight excluding hydrogens is 332 g/mol. The molecule has 1 fully saturated rings. The fourth-order valence-corrected chi connectivity index (χ4v) is 3.97. The second kappa shape index (κ2) is 8.03. The molecule has 2 aromatic rings. The summed E-state index contributed by atoms with van der Waals surface area (Å²) in [6.45, 7) is 6.30. The lowest BCUT2D eigenvalue weighted by atomic mass is 9.89. The van der Waals surface area contributed by atoms with Crippen LogP contribution in [0.4, 0.5) is 5.69 Å². The molecular formula is C21H25ClN2O. The standard InChI is InChI=1S/C21H25ClN2O/c1-15-12-16(2)21(19(22)13-15)23-20(25)14-24-10-8-18(9-11-24)17-6-4-3-5-7-17/h3-7,12-13,18H,8-11,14H2,1-2H3,(H,23,25). The second-order valence-electron chi connectivity index (χ2n) is 6.95. The summed E-state index contributed by atoms with van der Waals surface area (Å²) in [6.07, 6.45) is 2.20. The Bertz CT molecular complexity index is 714. The van der Waals surface area contributed by atoms with Crippen LogP contribution in [0.25, 0.3) is 0 Å². The number of halogens is 1. The van der Waals surface area contributed by atoms with Crippen LogP contribution in [0.1, 0.15) is 35.4 Å². The quantitative estimate of drug-likeness (QED) is 0.855. The van der Waals surface area contributed by atoms with Gasteiger partial charge in [-0.1, -0.05) is 48.0 Å². The van der Waals surface area contributed by atoms with Crippen molar-refractivity contribution in [1.82, 2.24) is 4.90 Å². The molecule has 3 rings (SSSR count). The van der Waals surface area contributed by atoms with Gasteiger partial charge in [0.05, 0.1) is 17.3 Å². The number of anilines is 1. The molecule has 1 N–H and O–H groups in total. The SMILES string of the molecule is Cc1cc(C)c(NC(=O)CN2CCC(c3ccccc3)CC2)c(Cl)c1. The number of amides is 1. The lowest BCUT2D eigenvalue weighted by Crippen LogP contribution is -2.38. The Morgan fingerprint density at radius 3 is 2.48 bits per heavy atom. The number of carbonyl (C=O) groups is 1. The van der Waals surface area contributed by atoms with Gasteiger partial charge in [-0.3, -0.25) is 9.69 Å². The van der Waals surface area contributed by atoms with Crippen molar-refractivity contribution in [3.8, 4) is 0 Å². The highest BCUT2D eigenvalue weighted by molar-refractivity contribution is 6.34. The van der Waals surface area contributed by atoms with Crippen molar-refractivity contribution in [3.05, 3.63) is 64.2 Å². The summed E-state index contributed by atoms with van der Waals surface area (Å²) in [5.41, 5.74) is 4.25. The van der Waals surface area contributed by atoms with Crippen LogP contribution in [0.2, 0.25) is 5.02 Å². The normalized spacial score (nSPS) is 16.0. The summed E-state index contributed by atoms with van der Waals surface area (Å²) >= 11 is 6.28. The Hall–Kier alpha value is -1.84. The van der Waals surface area contributed by atoms with Gasteiger partial charge in [0.2, 0.25) is 5.91 Å². The Balaban J connectivity index is 1.53. The van der Waals surface area contributed by atoms with Crippen LogP contribution in [0, 0.1) is 13.8 Å². The smallest absolute Gasteiger partial charge is 0.238 e. The minimum absolute atomic E-state index is 0.00649. The van der Waals surface area contributed by atoms with Crippen molar-refractivity contribution in [3.63, 3.8) is 0 Å². The van der Waals surface area contributed by atoms with E-state index in [1.54, 1.807) is 0 Å². The van der Waals surface area contributed by atoms with E-state index in [9.17, 15) is 4.79 Å². The van der Waals surface area contributed by atoms with Gasteiger partial charge in [0.1, 0.15) is 0 Å². The lowest BCUT2D eigenvalue weighted by Gasteiger charge is -2.31. The summed E-state index contributed by atoms with van der Waals surface area (Å²) < 4.78 is 0. The number of aryl methyl sites for hydroxylation is 2. The molecule has 1 aliphatic rings. The third-order valence-electron chi connectivity index (χ3n) is 4.92. The van der Waals surface area contributed by atoms with Crippen LogP contribution in [0.3, 0.4) is 0 Å². The van der Waals surface area contributed by atoms with Crippen LogP contribution in [-0.2, 0) is 4.79 Å². The number of carbonyl (C=O) groups excluding carboxylic acids is 1. The Labute approximate surface area is 155 Å². The topological polar surface area (TPSA) is 32.3 Å². The first kappa shape index (κ1) is 18.0. The molecule has 0 saturated carbocycles. The zero-order chi connectivity index (χ0) is 17.8. The third kappa shape index (κ3) is 4.62. The third-order valence-corrected chi connectivity index (χ3v) is 5.22. The summed E-state index contributed by atoms with van der Waals surface area (Å²) in [4.78, 5) is 14.6. The number of nitrogens with one attached hydrogen (secondary N) is 1. The van der Waals surface area contributed by atoms with Crippen molar-refractivity contribution in [1.29, 1.82) is 0 Å². The molecule has 0 radical (unpaired) electrons. The monoisotopic (exact) mass is 356 g/mol. The van der Waals surface area contributed by atoms with Gasteiger partial charge < -0.3 is 5.32 Å². The summed E-state index contributed by atoms with van der Waals surface area (Å²) in [5, 5.41) is 3.59. The zero-order valence-corrected chi connectivity index (χ0v) is 15.6. The molecule has 0 atom stereocenters. The van der Waals surface area contributed by atoms with Crippen LogP contribution >= 0.6 is 11.6 Å². The van der Waals surface area contributed by atoms with Crippen molar-refractivity contribution in [2.24, 2.45) is 0 Å². The molecule has 25 heavy (non-hydrogen) atoms. The molecule has 1 amide bonds. The first-order valence-electron chi connectivity index (χ1n) is 8.87. The van der Waals surface area contributed by atoms with Gasteiger partial charge in [-0.2, -0.15) is 0 Å². The van der Waals surface area contributed by atoms with Crippen LogP contribution in [-0.4, -0.2) is 30.4 Å². The molecule has 0 spiro atoms. The largest absolute Gasteiger partial charge is 0.323 e. The number of hydrogen-bond donors (Lipinski definition) is 1. The van der Waals surface area contributed by atoms with Gasteiger partial charge in [0.25, 0.3) is 0 Å². The van der Waals surface area contributed by atoms with E-state index in [-0.39, 0.29) is 5.91 Å². The molecule has 1 aliphatic heterocycles. The fraction of sp³-hybridized carbons (Fsp3) is 0.381. The molecule has 0 aliphatic carbocycles. The number of likely N-dealkylation sites (tertiary alicyclic amines) is 1. The molecule has 2 aromatic carbocycles. The number of nitrogens with zero attached hydrogens (tertiary/aromatic N) is 1. The van der Waals surface area contributed by atoms with Crippen LogP contribution in [0.15, 0.2) is 42.5 Å². The molecule has 0 unspecified atom stereocenters. The van der Waals surface area contributed by atoms with Gasteiger partial charge in [0.15, 0.2) is 0 Å². The minimum atomic E-state index is 0.00649. The number of benzene rings is 2. The number of rotatable bonds is 4. The van der Waals surface area contributed by atoms with Crippen molar-refractivity contribution < 1.29 is 4.79 Å². The van der Waals surface area contributed by atoms with Gasteiger partial charge in [-0.05, 0) is 68.5 Å². The highest BCUT2D eigenvalue weighted by Crippen LogP contribution is 2.29.